The molecule has 0 aromatic carbocycles. The van der Waals surface area contributed by atoms with Crippen LogP contribution in [0.4, 0.5) is 0 Å². The van der Waals surface area contributed by atoms with Crippen LogP contribution < -0.4 is 0 Å². The predicted octanol–water partition coefficient (Wildman–Crippen LogP) is 4.15. The fourth-order valence-corrected chi connectivity index (χ4v) is 3.80. The Morgan fingerprint density at radius 1 is 0.957 bits per heavy atom. The Hall–Kier alpha value is -1.14. The SMILES string of the molecule is CC(C)(C)C(CC(=O)O)C(C)(C(C)(C)C)C(C)(C)C(=O)OOO. The highest BCUT2D eigenvalue weighted by Crippen LogP contribution is 2.61. The zero-order chi connectivity index (χ0) is 18.9. The van der Waals surface area contributed by atoms with Gasteiger partial charge in [-0.1, -0.05) is 48.5 Å². The summed E-state index contributed by atoms with van der Waals surface area (Å²) in [6.07, 6.45) is -0.0754. The van der Waals surface area contributed by atoms with Crippen molar-refractivity contribution >= 4 is 11.9 Å². The molecule has 0 heterocycles. The molecule has 136 valence electrons. The summed E-state index contributed by atoms with van der Waals surface area (Å²) in [4.78, 5) is 28.3. The minimum Gasteiger partial charge on any atom is -0.481 e. The lowest BCUT2D eigenvalue weighted by Gasteiger charge is -2.58. The molecule has 2 N–H and O–H groups in total. The highest BCUT2D eigenvalue weighted by atomic mass is 17.5. The van der Waals surface area contributed by atoms with Crippen molar-refractivity contribution in [3.63, 3.8) is 0 Å². The van der Waals surface area contributed by atoms with Crippen molar-refractivity contribution in [2.45, 2.75) is 68.7 Å². The molecule has 0 saturated heterocycles. The van der Waals surface area contributed by atoms with E-state index in [4.69, 9.17) is 5.26 Å². The van der Waals surface area contributed by atoms with Gasteiger partial charge in [-0.3, -0.25) is 9.68 Å². The molecule has 0 aliphatic rings. The van der Waals surface area contributed by atoms with Gasteiger partial charge in [0.15, 0.2) is 0 Å². The zero-order valence-corrected chi connectivity index (χ0v) is 15.8. The average Bonchev–Trinajstić information content (AvgIpc) is 2.32. The second kappa shape index (κ2) is 6.77. The van der Waals surface area contributed by atoms with E-state index < -0.39 is 28.2 Å². The molecule has 0 spiro atoms. The summed E-state index contributed by atoms with van der Waals surface area (Å²) in [7, 11) is 0. The maximum atomic E-state index is 12.4. The minimum atomic E-state index is -1.10. The van der Waals surface area contributed by atoms with Crippen molar-refractivity contribution in [2.24, 2.45) is 27.6 Å². The molecule has 0 bridgehead atoms. The Balaban J connectivity index is 6.38. The lowest BCUT2D eigenvalue weighted by molar-refractivity contribution is -0.466. The molecule has 2 atom stereocenters. The van der Waals surface area contributed by atoms with Crippen molar-refractivity contribution in [1.82, 2.24) is 0 Å². The molecule has 0 aliphatic heterocycles. The highest BCUT2D eigenvalue weighted by Gasteiger charge is 2.60. The fourth-order valence-electron chi connectivity index (χ4n) is 3.80. The summed E-state index contributed by atoms with van der Waals surface area (Å²) in [5.41, 5.74) is -2.63. The lowest BCUT2D eigenvalue weighted by Crippen LogP contribution is -2.57. The largest absolute Gasteiger partial charge is 0.481 e. The first-order chi connectivity index (χ1) is 10.0. The number of carboxylic acid groups (broad SMARTS) is 1. The van der Waals surface area contributed by atoms with Gasteiger partial charge < -0.3 is 5.11 Å². The van der Waals surface area contributed by atoms with Gasteiger partial charge in [0.1, 0.15) is 0 Å². The van der Waals surface area contributed by atoms with E-state index in [-0.39, 0.29) is 17.8 Å². The molecular formula is C17H32O6. The first-order valence-corrected chi connectivity index (χ1v) is 7.77. The molecule has 23 heavy (non-hydrogen) atoms. The molecule has 0 saturated carbocycles. The molecule has 0 rings (SSSR count). The number of rotatable bonds is 6. The fraction of sp³-hybridized carbons (Fsp3) is 0.882. The first-order valence-electron chi connectivity index (χ1n) is 7.77. The first kappa shape index (κ1) is 21.9. The van der Waals surface area contributed by atoms with Gasteiger partial charge in [0.2, 0.25) is 0 Å². The Labute approximate surface area is 139 Å². The monoisotopic (exact) mass is 332 g/mol. The van der Waals surface area contributed by atoms with Gasteiger partial charge in [0.25, 0.3) is 0 Å². The van der Waals surface area contributed by atoms with Crippen LogP contribution in [0.3, 0.4) is 0 Å². The standard InChI is InChI=1S/C17H32O6/c1-14(2,3)11(10-12(18)19)17(9,15(4,5)6)16(7,8)13(20)22-23-21/h11,21H,10H2,1-9H3,(H,18,19). The maximum absolute atomic E-state index is 12.4. The van der Waals surface area contributed by atoms with Crippen LogP contribution in [-0.2, 0) is 19.5 Å². The third kappa shape index (κ3) is 4.23. The summed E-state index contributed by atoms with van der Waals surface area (Å²) in [6.45, 7) is 17.1. The average molecular weight is 332 g/mol. The summed E-state index contributed by atoms with van der Waals surface area (Å²) in [6, 6.07) is 0. The van der Waals surface area contributed by atoms with Gasteiger partial charge in [0, 0.05) is 6.42 Å². The Bertz CT molecular complexity index is 441. The van der Waals surface area contributed by atoms with Crippen LogP contribution in [0.5, 0.6) is 0 Å². The molecule has 0 aliphatic carbocycles. The van der Waals surface area contributed by atoms with Gasteiger partial charge in [-0.25, -0.2) is 10.1 Å². The summed E-state index contributed by atoms with van der Waals surface area (Å²) in [5, 5.41) is 21.5. The number of hydrogen-bond acceptors (Lipinski definition) is 5. The normalized spacial score (nSPS) is 17.3. The smallest absolute Gasteiger partial charge is 0.351 e. The molecule has 0 aromatic heterocycles. The second-order valence-corrected chi connectivity index (χ2v) is 9.04. The molecule has 6 nitrogen and oxygen atoms in total. The highest BCUT2D eigenvalue weighted by molar-refractivity contribution is 5.77. The van der Waals surface area contributed by atoms with E-state index in [1.807, 2.05) is 48.5 Å². The van der Waals surface area contributed by atoms with Crippen molar-refractivity contribution in [3.8, 4) is 0 Å². The van der Waals surface area contributed by atoms with Gasteiger partial charge in [0.05, 0.1) is 5.41 Å². The van der Waals surface area contributed by atoms with Gasteiger partial charge in [-0.2, -0.15) is 0 Å². The van der Waals surface area contributed by atoms with E-state index in [0.717, 1.165) is 0 Å². The van der Waals surface area contributed by atoms with E-state index in [1.54, 1.807) is 13.8 Å². The maximum Gasteiger partial charge on any atom is 0.351 e. The predicted molar refractivity (Wildman–Crippen MR) is 86.3 cm³/mol. The third-order valence-corrected chi connectivity index (χ3v) is 5.60. The molecule has 0 radical (unpaired) electrons. The molecule has 2 unspecified atom stereocenters. The van der Waals surface area contributed by atoms with Crippen LogP contribution in [0.1, 0.15) is 68.7 Å². The molecule has 0 aromatic rings. The third-order valence-electron chi connectivity index (χ3n) is 5.60. The molecule has 0 amide bonds. The number of hydrogen-bond donors (Lipinski definition) is 2. The second-order valence-electron chi connectivity index (χ2n) is 9.04. The Kier molecular flexibility index (Phi) is 6.43. The van der Waals surface area contributed by atoms with E-state index in [2.05, 4.69) is 9.93 Å². The van der Waals surface area contributed by atoms with Crippen LogP contribution in [0.2, 0.25) is 0 Å². The topological polar surface area (TPSA) is 93.1 Å². The number of carbonyl (C=O) groups is 2. The van der Waals surface area contributed by atoms with Crippen LogP contribution in [0.25, 0.3) is 0 Å². The summed E-state index contributed by atoms with van der Waals surface area (Å²) >= 11 is 0. The van der Waals surface area contributed by atoms with E-state index in [9.17, 15) is 14.7 Å². The van der Waals surface area contributed by atoms with Crippen molar-refractivity contribution in [1.29, 1.82) is 0 Å². The quantitative estimate of drug-likeness (QED) is 0.560. The van der Waals surface area contributed by atoms with Crippen LogP contribution in [0.15, 0.2) is 0 Å². The van der Waals surface area contributed by atoms with E-state index >= 15 is 0 Å². The number of aliphatic carboxylic acids is 1. The van der Waals surface area contributed by atoms with Gasteiger partial charge in [-0.15, -0.1) is 0 Å². The van der Waals surface area contributed by atoms with Gasteiger partial charge >= 0.3 is 11.9 Å². The lowest BCUT2D eigenvalue weighted by atomic mass is 9.45. The summed E-state index contributed by atoms with van der Waals surface area (Å²) in [5.74, 6) is -1.98. The summed E-state index contributed by atoms with van der Waals surface area (Å²) < 4.78 is 0. The molecule has 6 heteroatoms. The number of carboxylic acids is 1. The van der Waals surface area contributed by atoms with Gasteiger partial charge in [-0.05, 0) is 41.0 Å². The Morgan fingerprint density at radius 3 is 1.65 bits per heavy atom. The number of carbonyl (C=O) groups excluding carboxylic acids is 1. The van der Waals surface area contributed by atoms with Crippen molar-refractivity contribution in [3.05, 3.63) is 0 Å². The molecular weight excluding hydrogens is 300 g/mol. The van der Waals surface area contributed by atoms with Crippen molar-refractivity contribution in [2.75, 3.05) is 0 Å². The Morgan fingerprint density at radius 2 is 1.39 bits per heavy atom. The van der Waals surface area contributed by atoms with Crippen LogP contribution >= 0.6 is 0 Å². The van der Waals surface area contributed by atoms with Crippen molar-refractivity contribution < 1.29 is 29.9 Å². The molecule has 0 fully saturated rings. The van der Waals surface area contributed by atoms with E-state index in [0.29, 0.717) is 0 Å². The minimum absolute atomic E-state index is 0.0754. The van der Waals surface area contributed by atoms with E-state index in [1.165, 1.54) is 0 Å². The van der Waals surface area contributed by atoms with Crippen LogP contribution in [0, 0.1) is 27.6 Å². The van der Waals surface area contributed by atoms with Crippen LogP contribution in [-0.4, -0.2) is 22.3 Å². The zero-order valence-electron chi connectivity index (χ0n) is 15.8.